The van der Waals surface area contributed by atoms with Crippen molar-refractivity contribution in [2.75, 3.05) is 11.4 Å². The zero-order chi connectivity index (χ0) is 9.26. The minimum Gasteiger partial charge on any atom is -0.348 e. The van der Waals surface area contributed by atoms with Crippen molar-refractivity contribution in [3.8, 4) is 0 Å². The second-order valence-corrected chi connectivity index (χ2v) is 3.51. The Morgan fingerprint density at radius 1 is 1.38 bits per heavy atom. The van der Waals surface area contributed by atoms with Crippen molar-refractivity contribution in [3.05, 3.63) is 41.6 Å². The SMILES string of the molecule is CCN1C=CCc2ccc(C)cc21. The Kier molecular flexibility index (Phi) is 2.09. The van der Waals surface area contributed by atoms with Crippen LogP contribution in [0.2, 0.25) is 0 Å². The van der Waals surface area contributed by atoms with E-state index in [9.17, 15) is 0 Å². The summed E-state index contributed by atoms with van der Waals surface area (Å²) in [6.45, 7) is 5.38. The second-order valence-electron chi connectivity index (χ2n) is 3.51. The average molecular weight is 173 g/mol. The fourth-order valence-electron chi connectivity index (χ4n) is 1.78. The highest BCUT2D eigenvalue weighted by atomic mass is 15.1. The Hall–Kier alpha value is -1.24. The summed E-state index contributed by atoms with van der Waals surface area (Å²) in [5, 5.41) is 0. The summed E-state index contributed by atoms with van der Waals surface area (Å²) in [6, 6.07) is 6.69. The van der Waals surface area contributed by atoms with E-state index in [0.29, 0.717) is 0 Å². The van der Waals surface area contributed by atoms with Crippen LogP contribution in [-0.4, -0.2) is 6.54 Å². The Labute approximate surface area is 79.7 Å². The molecule has 1 heterocycles. The van der Waals surface area contributed by atoms with Crippen molar-refractivity contribution in [1.29, 1.82) is 0 Å². The molecular weight excluding hydrogens is 158 g/mol. The Balaban J connectivity index is 2.46. The smallest absolute Gasteiger partial charge is 0.0444 e. The maximum absolute atomic E-state index is 2.30. The topological polar surface area (TPSA) is 3.24 Å². The van der Waals surface area contributed by atoms with Gasteiger partial charge in [-0.3, -0.25) is 0 Å². The van der Waals surface area contributed by atoms with Crippen molar-refractivity contribution in [3.63, 3.8) is 0 Å². The molecule has 1 aromatic carbocycles. The van der Waals surface area contributed by atoms with Crippen LogP contribution < -0.4 is 4.90 Å². The molecule has 0 N–H and O–H groups in total. The summed E-state index contributed by atoms with van der Waals surface area (Å²) in [7, 11) is 0. The quantitative estimate of drug-likeness (QED) is 0.631. The van der Waals surface area contributed by atoms with Crippen molar-refractivity contribution in [2.45, 2.75) is 20.3 Å². The molecule has 1 aliphatic rings. The third-order valence-electron chi connectivity index (χ3n) is 2.51. The fraction of sp³-hybridized carbons (Fsp3) is 0.333. The lowest BCUT2D eigenvalue weighted by molar-refractivity contribution is 0.970. The molecule has 0 bridgehead atoms. The summed E-state index contributed by atoms with van der Waals surface area (Å²) in [5.74, 6) is 0. The standard InChI is InChI=1S/C12H15N/c1-3-13-8-4-5-11-7-6-10(2)9-12(11)13/h4,6-9H,3,5H2,1-2H3. The first-order valence-corrected chi connectivity index (χ1v) is 4.84. The number of allylic oxidation sites excluding steroid dienone is 1. The molecule has 0 unspecified atom stereocenters. The number of fused-ring (bicyclic) bond motifs is 1. The first kappa shape index (κ1) is 8.36. The van der Waals surface area contributed by atoms with Crippen LogP contribution in [0.5, 0.6) is 0 Å². The summed E-state index contributed by atoms with van der Waals surface area (Å²) in [4.78, 5) is 2.30. The number of hydrogen-bond donors (Lipinski definition) is 0. The Morgan fingerprint density at radius 3 is 3.00 bits per heavy atom. The molecule has 0 fully saturated rings. The number of nitrogens with zero attached hydrogens (tertiary/aromatic N) is 1. The highest BCUT2D eigenvalue weighted by Crippen LogP contribution is 2.26. The molecule has 1 nitrogen and oxygen atoms in total. The molecule has 0 saturated heterocycles. The normalized spacial score (nSPS) is 14.5. The van der Waals surface area contributed by atoms with Gasteiger partial charge >= 0.3 is 0 Å². The molecular formula is C12H15N. The van der Waals surface area contributed by atoms with Gasteiger partial charge in [0.15, 0.2) is 0 Å². The Morgan fingerprint density at radius 2 is 2.23 bits per heavy atom. The van der Waals surface area contributed by atoms with E-state index in [-0.39, 0.29) is 0 Å². The predicted octanol–water partition coefficient (Wildman–Crippen LogP) is 2.89. The monoisotopic (exact) mass is 173 g/mol. The maximum Gasteiger partial charge on any atom is 0.0444 e. The minimum absolute atomic E-state index is 1.05. The molecule has 68 valence electrons. The van der Waals surface area contributed by atoms with Crippen LogP contribution in [0.4, 0.5) is 5.69 Å². The molecule has 0 amide bonds. The van der Waals surface area contributed by atoms with Crippen LogP contribution >= 0.6 is 0 Å². The molecule has 0 spiro atoms. The van der Waals surface area contributed by atoms with Crippen LogP contribution in [0.25, 0.3) is 0 Å². The minimum atomic E-state index is 1.05. The van der Waals surface area contributed by atoms with Crippen LogP contribution in [0.15, 0.2) is 30.5 Å². The van der Waals surface area contributed by atoms with Crippen molar-refractivity contribution >= 4 is 5.69 Å². The van der Waals surface area contributed by atoms with Gasteiger partial charge in [-0.25, -0.2) is 0 Å². The number of anilines is 1. The number of aryl methyl sites for hydroxylation is 1. The lowest BCUT2D eigenvalue weighted by Gasteiger charge is -2.25. The van der Waals surface area contributed by atoms with Gasteiger partial charge in [0.2, 0.25) is 0 Å². The van der Waals surface area contributed by atoms with Gasteiger partial charge in [-0.2, -0.15) is 0 Å². The molecule has 2 rings (SSSR count). The summed E-state index contributed by atoms with van der Waals surface area (Å²) in [6.07, 6.45) is 5.48. The highest BCUT2D eigenvalue weighted by Gasteiger charge is 2.10. The van der Waals surface area contributed by atoms with E-state index in [1.807, 2.05) is 0 Å². The van der Waals surface area contributed by atoms with Gasteiger partial charge in [0.1, 0.15) is 0 Å². The van der Waals surface area contributed by atoms with Gasteiger partial charge in [0.05, 0.1) is 0 Å². The van der Waals surface area contributed by atoms with E-state index >= 15 is 0 Å². The van der Waals surface area contributed by atoms with Crippen molar-refractivity contribution in [2.24, 2.45) is 0 Å². The van der Waals surface area contributed by atoms with E-state index in [1.54, 1.807) is 0 Å². The third kappa shape index (κ3) is 1.46. The van der Waals surface area contributed by atoms with E-state index < -0.39 is 0 Å². The van der Waals surface area contributed by atoms with E-state index in [4.69, 9.17) is 0 Å². The van der Waals surface area contributed by atoms with E-state index in [2.05, 4.69) is 49.2 Å². The van der Waals surface area contributed by atoms with Gasteiger partial charge in [0.25, 0.3) is 0 Å². The number of rotatable bonds is 1. The predicted molar refractivity (Wildman–Crippen MR) is 57.0 cm³/mol. The molecule has 0 aromatic heterocycles. The maximum atomic E-state index is 2.30. The lowest BCUT2D eigenvalue weighted by Crippen LogP contribution is -2.19. The van der Waals surface area contributed by atoms with Gasteiger partial charge in [-0.05, 0) is 37.5 Å². The largest absolute Gasteiger partial charge is 0.348 e. The second kappa shape index (κ2) is 3.25. The molecule has 1 aromatic rings. The summed E-state index contributed by atoms with van der Waals surface area (Å²) >= 11 is 0. The first-order valence-electron chi connectivity index (χ1n) is 4.84. The lowest BCUT2D eigenvalue weighted by atomic mass is 10.0. The molecule has 0 saturated carbocycles. The van der Waals surface area contributed by atoms with Crippen LogP contribution in [0.3, 0.4) is 0 Å². The van der Waals surface area contributed by atoms with Gasteiger partial charge in [0, 0.05) is 18.4 Å². The zero-order valence-corrected chi connectivity index (χ0v) is 8.25. The van der Waals surface area contributed by atoms with Crippen molar-refractivity contribution in [1.82, 2.24) is 0 Å². The third-order valence-corrected chi connectivity index (χ3v) is 2.51. The first-order chi connectivity index (χ1) is 6.31. The summed E-state index contributed by atoms with van der Waals surface area (Å²) in [5.41, 5.74) is 4.16. The zero-order valence-electron chi connectivity index (χ0n) is 8.25. The highest BCUT2D eigenvalue weighted by molar-refractivity contribution is 5.60. The van der Waals surface area contributed by atoms with Crippen molar-refractivity contribution < 1.29 is 0 Å². The van der Waals surface area contributed by atoms with Gasteiger partial charge in [-0.15, -0.1) is 0 Å². The molecule has 1 heteroatoms. The average Bonchev–Trinajstić information content (AvgIpc) is 2.17. The van der Waals surface area contributed by atoms with Gasteiger partial charge < -0.3 is 4.90 Å². The Bertz CT molecular complexity index is 339. The number of hydrogen-bond acceptors (Lipinski definition) is 1. The summed E-state index contributed by atoms with van der Waals surface area (Å²) < 4.78 is 0. The molecule has 0 radical (unpaired) electrons. The fourth-order valence-corrected chi connectivity index (χ4v) is 1.78. The van der Waals surface area contributed by atoms with Crippen LogP contribution in [0, 0.1) is 6.92 Å². The molecule has 0 aliphatic carbocycles. The van der Waals surface area contributed by atoms with Crippen LogP contribution in [-0.2, 0) is 6.42 Å². The molecule has 0 atom stereocenters. The molecule has 13 heavy (non-hydrogen) atoms. The van der Waals surface area contributed by atoms with E-state index in [1.165, 1.54) is 16.8 Å². The molecule has 1 aliphatic heterocycles. The van der Waals surface area contributed by atoms with Gasteiger partial charge in [-0.1, -0.05) is 18.2 Å². The van der Waals surface area contributed by atoms with E-state index in [0.717, 1.165) is 13.0 Å². The van der Waals surface area contributed by atoms with Crippen LogP contribution in [0.1, 0.15) is 18.1 Å². The number of benzene rings is 1.